The number of anilines is 1. The molecule has 21 heavy (non-hydrogen) atoms. The predicted octanol–water partition coefficient (Wildman–Crippen LogP) is 4.57. The SMILES string of the molecule is CC(C)(C)c1ccc(Cn2ccc3ccc(N)cc32)cc1. The van der Waals surface area contributed by atoms with Gasteiger partial charge >= 0.3 is 0 Å². The molecule has 3 aromatic rings. The number of aromatic nitrogens is 1. The molecular weight excluding hydrogens is 256 g/mol. The van der Waals surface area contributed by atoms with Crippen LogP contribution in [0.1, 0.15) is 31.9 Å². The van der Waals surface area contributed by atoms with Crippen molar-refractivity contribution in [3.8, 4) is 0 Å². The summed E-state index contributed by atoms with van der Waals surface area (Å²) in [4.78, 5) is 0. The lowest BCUT2D eigenvalue weighted by Gasteiger charge is -2.19. The Bertz CT molecular complexity index is 758. The van der Waals surface area contributed by atoms with E-state index in [0.717, 1.165) is 12.2 Å². The molecule has 3 rings (SSSR count). The van der Waals surface area contributed by atoms with Crippen LogP contribution in [-0.2, 0) is 12.0 Å². The van der Waals surface area contributed by atoms with Gasteiger partial charge in [0.05, 0.1) is 5.52 Å². The minimum Gasteiger partial charge on any atom is -0.399 e. The van der Waals surface area contributed by atoms with Crippen molar-refractivity contribution >= 4 is 16.6 Å². The third kappa shape index (κ3) is 2.80. The van der Waals surface area contributed by atoms with Crippen molar-refractivity contribution in [1.29, 1.82) is 0 Å². The normalized spacial score (nSPS) is 12.0. The Morgan fingerprint density at radius 2 is 1.67 bits per heavy atom. The lowest BCUT2D eigenvalue weighted by molar-refractivity contribution is 0.590. The van der Waals surface area contributed by atoms with Crippen molar-refractivity contribution < 1.29 is 0 Å². The molecule has 0 saturated carbocycles. The van der Waals surface area contributed by atoms with E-state index in [1.807, 2.05) is 12.1 Å². The van der Waals surface area contributed by atoms with Gasteiger partial charge in [-0.15, -0.1) is 0 Å². The third-order valence-corrected chi connectivity index (χ3v) is 3.97. The fourth-order valence-corrected chi connectivity index (χ4v) is 2.65. The molecule has 0 amide bonds. The first-order valence-corrected chi connectivity index (χ1v) is 7.37. The molecule has 2 N–H and O–H groups in total. The van der Waals surface area contributed by atoms with Crippen LogP contribution in [0.4, 0.5) is 5.69 Å². The number of nitrogens with zero attached hydrogens (tertiary/aromatic N) is 1. The van der Waals surface area contributed by atoms with Crippen LogP contribution in [0.2, 0.25) is 0 Å². The molecule has 0 aliphatic carbocycles. The van der Waals surface area contributed by atoms with Crippen LogP contribution in [0.15, 0.2) is 54.7 Å². The summed E-state index contributed by atoms with van der Waals surface area (Å²) in [6, 6.07) is 17.1. The van der Waals surface area contributed by atoms with Gasteiger partial charge in [0.1, 0.15) is 0 Å². The molecule has 1 heterocycles. The van der Waals surface area contributed by atoms with Gasteiger partial charge in [-0.25, -0.2) is 0 Å². The zero-order valence-electron chi connectivity index (χ0n) is 12.9. The Balaban J connectivity index is 1.90. The number of hydrogen-bond donors (Lipinski definition) is 1. The molecule has 0 fully saturated rings. The Kier molecular flexibility index (Phi) is 3.25. The molecule has 0 bridgehead atoms. The Hall–Kier alpha value is -2.22. The van der Waals surface area contributed by atoms with Crippen molar-refractivity contribution in [2.45, 2.75) is 32.7 Å². The van der Waals surface area contributed by atoms with Crippen LogP contribution in [0.25, 0.3) is 10.9 Å². The Morgan fingerprint density at radius 1 is 0.952 bits per heavy atom. The van der Waals surface area contributed by atoms with Crippen LogP contribution in [0.3, 0.4) is 0 Å². The minimum absolute atomic E-state index is 0.202. The summed E-state index contributed by atoms with van der Waals surface area (Å²) < 4.78 is 2.25. The summed E-state index contributed by atoms with van der Waals surface area (Å²) in [6.07, 6.45) is 2.13. The zero-order valence-corrected chi connectivity index (χ0v) is 12.9. The average molecular weight is 278 g/mol. The van der Waals surface area contributed by atoms with Gasteiger partial charge in [-0.1, -0.05) is 51.1 Å². The molecular formula is C19H22N2. The van der Waals surface area contributed by atoms with Gasteiger partial charge < -0.3 is 10.3 Å². The van der Waals surface area contributed by atoms with Gasteiger partial charge in [0.25, 0.3) is 0 Å². The standard InChI is InChI=1S/C19H22N2/c1-19(2,3)16-7-4-14(5-8-16)13-21-11-10-15-6-9-17(20)12-18(15)21/h4-12H,13,20H2,1-3H3. The molecule has 0 radical (unpaired) electrons. The van der Waals surface area contributed by atoms with Gasteiger partial charge in [0.15, 0.2) is 0 Å². The fourth-order valence-electron chi connectivity index (χ4n) is 2.65. The van der Waals surface area contributed by atoms with E-state index < -0.39 is 0 Å². The van der Waals surface area contributed by atoms with E-state index in [2.05, 4.69) is 67.9 Å². The summed E-state index contributed by atoms with van der Waals surface area (Å²) in [7, 11) is 0. The van der Waals surface area contributed by atoms with Crippen molar-refractivity contribution in [2.75, 3.05) is 5.73 Å². The first-order valence-electron chi connectivity index (χ1n) is 7.37. The number of benzene rings is 2. The maximum Gasteiger partial charge on any atom is 0.0504 e. The van der Waals surface area contributed by atoms with Crippen molar-refractivity contribution in [1.82, 2.24) is 4.57 Å². The molecule has 0 atom stereocenters. The van der Waals surface area contributed by atoms with Gasteiger partial charge in [-0.05, 0) is 40.1 Å². The smallest absolute Gasteiger partial charge is 0.0504 e. The number of hydrogen-bond acceptors (Lipinski definition) is 1. The highest BCUT2D eigenvalue weighted by atomic mass is 14.9. The molecule has 0 aliphatic heterocycles. The highest BCUT2D eigenvalue weighted by molar-refractivity contribution is 5.83. The van der Waals surface area contributed by atoms with Crippen molar-refractivity contribution in [3.63, 3.8) is 0 Å². The summed E-state index contributed by atoms with van der Waals surface area (Å²) >= 11 is 0. The van der Waals surface area contributed by atoms with Crippen LogP contribution in [-0.4, -0.2) is 4.57 Å². The third-order valence-electron chi connectivity index (χ3n) is 3.97. The quantitative estimate of drug-likeness (QED) is 0.684. The molecule has 0 unspecified atom stereocenters. The number of fused-ring (bicyclic) bond motifs is 1. The molecule has 0 saturated heterocycles. The molecule has 0 spiro atoms. The first-order chi connectivity index (χ1) is 9.93. The van der Waals surface area contributed by atoms with E-state index in [4.69, 9.17) is 5.73 Å². The molecule has 1 aromatic heterocycles. The van der Waals surface area contributed by atoms with E-state index in [0.29, 0.717) is 0 Å². The van der Waals surface area contributed by atoms with E-state index >= 15 is 0 Å². The summed E-state index contributed by atoms with van der Waals surface area (Å²) in [6.45, 7) is 7.59. The lowest BCUT2D eigenvalue weighted by Crippen LogP contribution is -2.10. The lowest BCUT2D eigenvalue weighted by atomic mass is 9.87. The Labute approximate surface area is 126 Å². The van der Waals surface area contributed by atoms with E-state index in [1.54, 1.807) is 0 Å². The predicted molar refractivity (Wildman–Crippen MR) is 90.6 cm³/mol. The minimum atomic E-state index is 0.202. The Morgan fingerprint density at radius 3 is 2.33 bits per heavy atom. The zero-order chi connectivity index (χ0) is 15.0. The molecule has 2 aromatic carbocycles. The molecule has 0 aliphatic rings. The molecule has 2 heteroatoms. The number of rotatable bonds is 2. The van der Waals surface area contributed by atoms with Gasteiger partial charge in [0, 0.05) is 18.4 Å². The second kappa shape index (κ2) is 4.96. The highest BCUT2D eigenvalue weighted by Crippen LogP contribution is 2.23. The maximum absolute atomic E-state index is 5.90. The second-order valence-corrected chi connectivity index (χ2v) is 6.71. The van der Waals surface area contributed by atoms with Crippen molar-refractivity contribution in [2.24, 2.45) is 0 Å². The number of nitrogen functional groups attached to an aromatic ring is 1. The topological polar surface area (TPSA) is 30.9 Å². The summed E-state index contributed by atoms with van der Waals surface area (Å²) in [5, 5.41) is 1.23. The monoisotopic (exact) mass is 278 g/mol. The van der Waals surface area contributed by atoms with E-state index in [1.165, 1.54) is 22.0 Å². The molecule has 108 valence electrons. The fraction of sp³-hybridized carbons (Fsp3) is 0.263. The highest BCUT2D eigenvalue weighted by Gasteiger charge is 2.12. The largest absolute Gasteiger partial charge is 0.399 e. The van der Waals surface area contributed by atoms with Crippen LogP contribution >= 0.6 is 0 Å². The first kappa shape index (κ1) is 13.7. The van der Waals surface area contributed by atoms with Crippen LogP contribution in [0.5, 0.6) is 0 Å². The van der Waals surface area contributed by atoms with Gasteiger partial charge in [-0.3, -0.25) is 0 Å². The second-order valence-electron chi connectivity index (χ2n) is 6.71. The maximum atomic E-state index is 5.90. The van der Waals surface area contributed by atoms with Crippen LogP contribution in [0, 0.1) is 0 Å². The van der Waals surface area contributed by atoms with Crippen molar-refractivity contribution in [3.05, 3.63) is 65.9 Å². The average Bonchev–Trinajstić information content (AvgIpc) is 2.81. The number of nitrogens with two attached hydrogens (primary N) is 1. The molecule has 2 nitrogen and oxygen atoms in total. The van der Waals surface area contributed by atoms with Gasteiger partial charge in [-0.2, -0.15) is 0 Å². The van der Waals surface area contributed by atoms with E-state index in [-0.39, 0.29) is 5.41 Å². The van der Waals surface area contributed by atoms with Crippen LogP contribution < -0.4 is 5.73 Å². The van der Waals surface area contributed by atoms with Gasteiger partial charge in [0.2, 0.25) is 0 Å². The van der Waals surface area contributed by atoms with E-state index in [9.17, 15) is 0 Å². The summed E-state index contributed by atoms with van der Waals surface area (Å²) in [5.74, 6) is 0. The summed E-state index contributed by atoms with van der Waals surface area (Å²) in [5.41, 5.74) is 10.8.